The summed E-state index contributed by atoms with van der Waals surface area (Å²) in [6.07, 6.45) is 11.9. The Hall–Kier alpha value is -3.07. The van der Waals surface area contributed by atoms with Crippen molar-refractivity contribution in [3.63, 3.8) is 0 Å². The second-order valence-corrected chi connectivity index (χ2v) is 9.28. The number of ether oxygens (including phenoxy) is 1. The van der Waals surface area contributed by atoms with E-state index in [0.29, 0.717) is 24.4 Å². The molecular formula is C24H32N8O. The topological polar surface area (TPSA) is 93.9 Å². The number of anilines is 1. The highest BCUT2D eigenvalue weighted by atomic mass is 16.5. The molecule has 1 saturated heterocycles. The number of hydrogen-bond donors (Lipinski definition) is 1. The quantitative estimate of drug-likeness (QED) is 0.562. The second kappa shape index (κ2) is 9.82. The molecule has 2 atom stereocenters. The van der Waals surface area contributed by atoms with Gasteiger partial charge in [-0.15, -0.1) is 10.2 Å². The van der Waals surface area contributed by atoms with Crippen molar-refractivity contribution in [3.05, 3.63) is 42.5 Å². The third kappa shape index (κ3) is 5.13. The summed E-state index contributed by atoms with van der Waals surface area (Å²) < 4.78 is 7.01. The van der Waals surface area contributed by atoms with Crippen molar-refractivity contribution in [2.24, 2.45) is 5.92 Å². The summed E-state index contributed by atoms with van der Waals surface area (Å²) in [5.41, 5.74) is 2.46. The summed E-state index contributed by atoms with van der Waals surface area (Å²) in [4.78, 5) is 6.58. The van der Waals surface area contributed by atoms with Gasteiger partial charge in [-0.25, -0.2) is 4.68 Å². The van der Waals surface area contributed by atoms with Gasteiger partial charge in [0.1, 0.15) is 11.4 Å². The summed E-state index contributed by atoms with van der Waals surface area (Å²) in [6, 6.07) is 7.01. The van der Waals surface area contributed by atoms with Crippen LogP contribution in [0.5, 0.6) is 5.75 Å². The minimum Gasteiger partial charge on any atom is -0.495 e. The van der Waals surface area contributed by atoms with E-state index in [1.807, 2.05) is 18.3 Å². The fourth-order valence-corrected chi connectivity index (χ4v) is 4.56. The van der Waals surface area contributed by atoms with E-state index in [1.54, 1.807) is 24.2 Å². The van der Waals surface area contributed by atoms with Crippen LogP contribution in [-0.2, 0) is 6.54 Å². The Morgan fingerprint density at radius 2 is 2.00 bits per heavy atom. The molecule has 9 heteroatoms. The normalized spacial score (nSPS) is 21.1. The summed E-state index contributed by atoms with van der Waals surface area (Å²) in [7, 11) is 1.62. The van der Waals surface area contributed by atoms with Crippen molar-refractivity contribution in [1.82, 2.24) is 35.5 Å². The SMILES string of the molecule is COc1cncc(-c2cn(Cc3ccc(N4CC(NCC5CCC5)CCC4C)nn3)nn2)c1. The first-order chi connectivity index (χ1) is 16.2. The number of hydrogen-bond acceptors (Lipinski definition) is 8. The zero-order valence-electron chi connectivity index (χ0n) is 19.4. The highest BCUT2D eigenvalue weighted by Crippen LogP contribution is 2.27. The molecule has 1 aliphatic carbocycles. The monoisotopic (exact) mass is 448 g/mol. The average molecular weight is 449 g/mol. The summed E-state index contributed by atoms with van der Waals surface area (Å²) in [5.74, 6) is 2.52. The predicted octanol–water partition coefficient (Wildman–Crippen LogP) is 2.93. The van der Waals surface area contributed by atoms with E-state index in [2.05, 4.69) is 48.7 Å². The van der Waals surface area contributed by atoms with Crippen molar-refractivity contribution < 1.29 is 4.74 Å². The molecule has 2 fully saturated rings. The molecule has 2 unspecified atom stereocenters. The maximum absolute atomic E-state index is 5.24. The van der Waals surface area contributed by atoms with E-state index in [4.69, 9.17) is 4.74 Å². The van der Waals surface area contributed by atoms with Gasteiger partial charge in [0, 0.05) is 30.4 Å². The maximum atomic E-state index is 5.24. The number of nitrogens with one attached hydrogen (secondary N) is 1. The van der Waals surface area contributed by atoms with Crippen LogP contribution in [0.2, 0.25) is 0 Å². The molecule has 2 aliphatic rings. The maximum Gasteiger partial charge on any atom is 0.151 e. The lowest BCUT2D eigenvalue weighted by Gasteiger charge is -2.40. The fraction of sp³-hybridized carbons (Fsp3) is 0.542. The van der Waals surface area contributed by atoms with E-state index < -0.39 is 0 Å². The van der Waals surface area contributed by atoms with Crippen LogP contribution in [0.4, 0.5) is 5.82 Å². The Morgan fingerprint density at radius 1 is 1.09 bits per heavy atom. The van der Waals surface area contributed by atoms with Gasteiger partial charge in [0.05, 0.1) is 31.7 Å². The molecule has 9 nitrogen and oxygen atoms in total. The molecule has 0 bridgehead atoms. The van der Waals surface area contributed by atoms with Gasteiger partial charge < -0.3 is 15.0 Å². The predicted molar refractivity (Wildman–Crippen MR) is 126 cm³/mol. The zero-order chi connectivity index (χ0) is 22.6. The van der Waals surface area contributed by atoms with Gasteiger partial charge in [0.15, 0.2) is 5.82 Å². The van der Waals surface area contributed by atoms with E-state index in [9.17, 15) is 0 Å². The van der Waals surface area contributed by atoms with Gasteiger partial charge in [-0.3, -0.25) is 4.98 Å². The lowest BCUT2D eigenvalue weighted by molar-refractivity contribution is 0.274. The molecule has 0 radical (unpaired) electrons. The summed E-state index contributed by atoms with van der Waals surface area (Å²) in [6.45, 7) is 4.94. The van der Waals surface area contributed by atoms with Gasteiger partial charge in [-0.1, -0.05) is 11.6 Å². The van der Waals surface area contributed by atoms with Crippen LogP contribution in [0.15, 0.2) is 36.8 Å². The molecule has 1 N–H and O–H groups in total. The molecule has 5 rings (SSSR count). The third-order valence-electron chi connectivity index (χ3n) is 6.91. The Bertz CT molecular complexity index is 1050. The highest BCUT2D eigenvalue weighted by molar-refractivity contribution is 5.58. The number of methoxy groups -OCH3 is 1. The molecule has 4 heterocycles. The minimum absolute atomic E-state index is 0.473. The zero-order valence-corrected chi connectivity index (χ0v) is 19.4. The van der Waals surface area contributed by atoms with Gasteiger partial charge >= 0.3 is 0 Å². The lowest BCUT2D eigenvalue weighted by Crippen LogP contribution is -2.51. The fourth-order valence-electron chi connectivity index (χ4n) is 4.56. The molecule has 1 saturated carbocycles. The molecular weight excluding hydrogens is 416 g/mol. The van der Waals surface area contributed by atoms with Crippen LogP contribution in [0.25, 0.3) is 11.3 Å². The van der Waals surface area contributed by atoms with Gasteiger partial charge in [0.25, 0.3) is 0 Å². The van der Waals surface area contributed by atoms with Crippen molar-refractivity contribution in [1.29, 1.82) is 0 Å². The Labute approximate surface area is 194 Å². The molecule has 33 heavy (non-hydrogen) atoms. The van der Waals surface area contributed by atoms with E-state index in [-0.39, 0.29) is 0 Å². The van der Waals surface area contributed by atoms with Crippen molar-refractivity contribution in [2.45, 2.75) is 57.7 Å². The van der Waals surface area contributed by atoms with E-state index >= 15 is 0 Å². The number of aromatic nitrogens is 6. The van der Waals surface area contributed by atoms with E-state index in [1.165, 1.54) is 32.1 Å². The standard InChI is InChI=1S/C24H32N8O/c1-17-6-7-20(26-11-18-4-3-5-18)15-32(17)24-9-8-21(27-29-24)14-31-16-23(28-30-31)19-10-22(33-2)13-25-12-19/h8-10,12-13,16-18,20,26H,3-7,11,14-15H2,1-2H3. The minimum atomic E-state index is 0.473. The Kier molecular flexibility index (Phi) is 6.48. The van der Waals surface area contributed by atoms with Crippen LogP contribution < -0.4 is 15.0 Å². The largest absolute Gasteiger partial charge is 0.495 e. The molecule has 0 aromatic carbocycles. The second-order valence-electron chi connectivity index (χ2n) is 9.28. The van der Waals surface area contributed by atoms with Crippen LogP contribution >= 0.6 is 0 Å². The van der Waals surface area contributed by atoms with Crippen molar-refractivity contribution in [3.8, 4) is 17.0 Å². The Balaban J connectivity index is 1.20. The number of nitrogens with zero attached hydrogens (tertiary/aromatic N) is 7. The molecule has 1 aliphatic heterocycles. The van der Waals surface area contributed by atoms with E-state index in [0.717, 1.165) is 41.8 Å². The van der Waals surface area contributed by atoms with Gasteiger partial charge in [0.2, 0.25) is 0 Å². The smallest absolute Gasteiger partial charge is 0.151 e. The third-order valence-corrected chi connectivity index (χ3v) is 6.91. The van der Waals surface area contributed by atoms with Crippen LogP contribution in [0.1, 0.15) is 44.7 Å². The van der Waals surface area contributed by atoms with Crippen molar-refractivity contribution >= 4 is 5.82 Å². The average Bonchev–Trinajstić information content (AvgIpc) is 3.28. The van der Waals surface area contributed by atoms with Crippen LogP contribution in [0.3, 0.4) is 0 Å². The number of piperidine rings is 1. The van der Waals surface area contributed by atoms with Crippen LogP contribution in [-0.4, -0.2) is 62.5 Å². The molecule has 0 amide bonds. The first-order valence-electron chi connectivity index (χ1n) is 11.9. The summed E-state index contributed by atoms with van der Waals surface area (Å²) in [5, 5.41) is 21.3. The molecule has 3 aromatic heterocycles. The molecule has 0 spiro atoms. The number of rotatable bonds is 8. The molecule has 3 aromatic rings. The molecule has 174 valence electrons. The summed E-state index contributed by atoms with van der Waals surface area (Å²) >= 11 is 0. The first kappa shape index (κ1) is 21.8. The number of pyridine rings is 1. The first-order valence-corrected chi connectivity index (χ1v) is 11.9. The van der Waals surface area contributed by atoms with Gasteiger partial charge in [-0.2, -0.15) is 5.10 Å². The van der Waals surface area contributed by atoms with Crippen molar-refractivity contribution in [2.75, 3.05) is 25.1 Å². The van der Waals surface area contributed by atoms with Gasteiger partial charge in [-0.05, 0) is 63.3 Å². The Morgan fingerprint density at radius 3 is 2.76 bits per heavy atom. The highest BCUT2D eigenvalue weighted by Gasteiger charge is 2.27. The lowest BCUT2D eigenvalue weighted by atomic mass is 9.85. The van der Waals surface area contributed by atoms with Crippen LogP contribution in [0, 0.1) is 5.92 Å².